The summed E-state index contributed by atoms with van der Waals surface area (Å²) in [5, 5.41) is 0. The van der Waals surface area contributed by atoms with Crippen LogP contribution in [0, 0.1) is 0 Å². The lowest BCUT2D eigenvalue weighted by atomic mass is 9.98. The molecular formula is C12H15NO. The Balaban J connectivity index is 2.15. The van der Waals surface area contributed by atoms with E-state index in [2.05, 4.69) is 10.6 Å². The summed E-state index contributed by atoms with van der Waals surface area (Å²) in [5.41, 5.74) is 3.89. The minimum atomic E-state index is 0.352. The van der Waals surface area contributed by atoms with Crippen molar-refractivity contribution in [2.45, 2.75) is 45.1 Å². The number of carbonyl (C=O) groups excluding carboxylic acids is 1. The molecule has 0 radical (unpaired) electrons. The van der Waals surface area contributed by atoms with Gasteiger partial charge in [-0.05, 0) is 43.7 Å². The summed E-state index contributed by atoms with van der Waals surface area (Å²) < 4.78 is 2.28. The Hall–Kier alpha value is -1.05. The normalized spacial score (nSPS) is 20.4. The predicted octanol–water partition coefficient (Wildman–Crippen LogP) is 2.34. The molecule has 2 aliphatic rings. The summed E-state index contributed by atoms with van der Waals surface area (Å²) in [6.07, 6.45) is 6.75. The summed E-state index contributed by atoms with van der Waals surface area (Å²) in [6.45, 7) is 1.07. The number of aromatic nitrogens is 1. The van der Waals surface area contributed by atoms with Gasteiger partial charge in [-0.25, -0.2) is 0 Å². The zero-order chi connectivity index (χ0) is 9.54. The first-order valence-corrected chi connectivity index (χ1v) is 5.61. The first-order valence-electron chi connectivity index (χ1n) is 5.61. The van der Waals surface area contributed by atoms with E-state index in [1.165, 1.54) is 36.9 Å². The molecule has 0 atom stereocenters. The van der Waals surface area contributed by atoms with E-state index in [1.54, 1.807) is 0 Å². The van der Waals surface area contributed by atoms with Crippen LogP contribution in [0.1, 0.15) is 47.4 Å². The third kappa shape index (κ3) is 1.06. The summed E-state index contributed by atoms with van der Waals surface area (Å²) in [7, 11) is 0. The Bertz CT molecular complexity index is 389. The van der Waals surface area contributed by atoms with Gasteiger partial charge in [0, 0.05) is 18.7 Å². The van der Waals surface area contributed by atoms with Gasteiger partial charge in [0.1, 0.15) is 0 Å². The van der Waals surface area contributed by atoms with Crippen molar-refractivity contribution >= 4 is 5.78 Å². The van der Waals surface area contributed by atoms with Crippen molar-refractivity contribution in [2.24, 2.45) is 0 Å². The second kappa shape index (κ2) is 2.97. The van der Waals surface area contributed by atoms with Crippen LogP contribution in [0.25, 0.3) is 0 Å². The predicted molar refractivity (Wildman–Crippen MR) is 54.6 cm³/mol. The van der Waals surface area contributed by atoms with E-state index in [0.29, 0.717) is 5.78 Å². The van der Waals surface area contributed by atoms with Crippen molar-refractivity contribution in [1.82, 2.24) is 4.57 Å². The highest BCUT2D eigenvalue weighted by molar-refractivity contribution is 5.95. The molecule has 2 heterocycles. The number of nitrogens with zero attached hydrogens (tertiary/aromatic N) is 1. The van der Waals surface area contributed by atoms with Crippen LogP contribution >= 0.6 is 0 Å². The van der Waals surface area contributed by atoms with Crippen LogP contribution in [0.3, 0.4) is 0 Å². The second-order valence-corrected chi connectivity index (χ2v) is 4.39. The smallest absolute Gasteiger partial charge is 0.179 e. The van der Waals surface area contributed by atoms with Crippen LogP contribution in [0.15, 0.2) is 6.07 Å². The highest BCUT2D eigenvalue weighted by Crippen LogP contribution is 2.28. The number of ketones is 1. The fraction of sp³-hybridized carbons (Fsp3) is 0.583. The van der Waals surface area contributed by atoms with Gasteiger partial charge in [-0.2, -0.15) is 0 Å². The van der Waals surface area contributed by atoms with Crippen molar-refractivity contribution in [3.8, 4) is 0 Å². The number of rotatable bonds is 0. The number of Topliss-reactive ketones (excluding diaryl/α,β-unsaturated/α-hetero) is 1. The first kappa shape index (κ1) is 8.27. The van der Waals surface area contributed by atoms with E-state index in [1.807, 2.05) is 0 Å². The Labute approximate surface area is 83.9 Å². The van der Waals surface area contributed by atoms with Crippen LogP contribution < -0.4 is 0 Å². The lowest BCUT2D eigenvalue weighted by Gasteiger charge is -2.19. The van der Waals surface area contributed by atoms with Crippen LogP contribution in [0.2, 0.25) is 0 Å². The van der Waals surface area contributed by atoms with Crippen molar-refractivity contribution in [2.75, 3.05) is 0 Å². The fourth-order valence-corrected chi connectivity index (χ4v) is 2.78. The van der Waals surface area contributed by atoms with E-state index < -0.39 is 0 Å². The van der Waals surface area contributed by atoms with Gasteiger partial charge < -0.3 is 4.57 Å². The molecule has 0 aromatic carbocycles. The van der Waals surface area contributed by atoms with Gasteiger partial charge >= 0.3 is 0 Å². The van der Waals surface area contributed by atoms with Gasteiger partial charge in [0.2, 0.25) is 0 Å². The molecule has 3 rings (SSSR count). The lowest BCUT2D eigenvalue weighted by molar-refractivity contribution is 0.0954. The number of hydrogen-bond acceptors (Lipinski definition) is 1. The topological polar surface area (TPSA) is 22.0 Å². The average Bonchev–Trinajstić information content (AvgIpc) is 2.59. The van der Waals surface area contributed by atoms with Gasteiger partial charge in [-0.1, -0.05) is 0 Å². The van der Waals surface area contributed by atoms with Crippen LogP contribution in [-0.2, 0) is 19.4 Å². The van der Waals surface area contributed by atoms with Crippen LogP contribution in [0.5, 0.6) is 0 Å². The Morgan fingerprint density at radius 1 is 1.07 bits per heavy atom. The number of carbonyl (C=O) groups is 1. The molecule has 1 aliphatic carbocycles. The lowest BCUT2D eigenvalue weighted by Crippen LogP contribution is -2.18. The highest BCUT2D eigenvalue weighted by atomic mass is 16.1. The monoisotopic (exact) mass is 189 g/mol. The first-order chi connectivity index (χ1) is 6.86. The largest absolute Gasteiger partial charge is 0.342 e. The van der Waals surface area contributed by atoms with Crippen LogP contribution in [0.4, 0.5) is 0 Å². The molecule has 14 heavy (non-hydrogen) atoms. The summed E-state index contributed by atoms with van der Waals surface area (Å²) >= 11 is 0. The molecule has 0 saturated heterocycles. The maximum Gasteiger partial charge on any atom is 0.179 e. The maximum absolute atomic E-state index is 11.7. The minimum Gasteiger partial charge on any atom is -0.342 e. The molecule has 0 unspecified atom stereocenters. The van der Waals surface area contributed by atoms with Crippen LogP contribution in [-0.4, -0.2) is 10.4 Å². The van der Waals surface area contributed by atoms with Gasteiger partial charge in [0.05, 0.1) is 5.69 Å². The molecule has 0 spiro atoms. The van der Waals surface area contributed by atoms with E-state index in [9.17, 15) is 4.79 Å². The summed E-state index contributed by atoms with van der Waals surface area (Å²) in [6, 6.07) is 2.15. The maximum atomic E-state index is 11.7. The van der Waals surface area contributed by atoms with E-state index >= 15 is 0 Å². The molecule has 1 aromatic heterocycles. The van der Waals surface area contributed by atoms with Gasteiger partial charge in [0.15, 0.2) is 5.78 Å². The summed E-state index contributed by atoms with van der Waals surface area (Å²) in [4.78, 5) is 11.7. The molecule has 74 valence electrons. The SMILES string of the molecule is O=C1CCCn2c1cc1c2CCCC1. The zero-order valence-electron chi connectivity index (χ0n) is 8.38. The second-order valence-electron chi connectivity index (χ2n) is 4.39. The van der Waals surface area contributed by atoms with E-state index in [-0.39, 0.29) is 0 Å². The highest BCUT2D eigenvalue weighted by Gasteiger charge is 2.24. The van der Waals surface area contributed by atoms with Crippen molar-refractivity contribution in [1.29, 1.82) is 0 Å². The van der Waals surface area contributed by atoms with E-state index in [4.69, 9.17) is 0 Å². The standard InChI is InChI=1S/C12H15NO/c14-12-6-3-7-13-10-5-2-1-4-9(10)8-11(12)13/h8H,1-7H2. The van der Waals surface area contributed by atoms with Gasteiger partial charge in [-0.15, -0.1) is 0 Å². The molecule has 0 amide bonds. The third-order valence-corrected chi connectivity index (χ3v) is 3.48. The van der Waals surface area contributed by atoms with Crippen molar-refractivity contribution in [3.63, 3.8) is 0 Å². The number of aryl methyl sites for hydroxylation is 1. The fourth-order valence-electron chi connectivity index (χ4n) is 2.78. The Kier molecular flexibility index (Phi) is 1.76. The number of hydrogen-bond donors (Lipinski definition) is 0. The average molecular weight is 189 g/mol. The molecule has 1 aromatic rings. The quantitative estimate of drug-likeness (QED) is 0.614. The minimum absolute atomic E-state index is 0.352. The van der Waals surface area contributed by atoms with Crippen molar-refractivity contribution in [3.05, 3.63) is 23.0 Å². The molecule has 1 aliphatic heterocycles. The molecule has 0 saturated carbocycles. The summed E-state index contributed by atoms with van der Waals surface area (Å²) in [5.74, 6) is 0.352. The van der Waals surface area contributed by atoms with Crippen molar-refractivity contribution < 1.29 is 4.79 Å². The molecule has 2 nitrogen and oxygen atoms in total. The Morgan fingerprint density at radius 2 is 1.93 bits per heavy atom. The molecule has 0 N–H and O–H groups in total. The number of fused-ring (bicyclic) bond motifs is 3. The molecule has 2 heteroatoms. The Morgan fingerprint density at radius 3 is 2.86 bits per heavy atom. The molecular weight excluding hydrogens is 174 g/mol. The van der Waals surface area contributed by atoms with Gasteiger partial charge in [-0.3, -0.25) is 4.79 Å². The molecule has 0 bridgehead atoms. The third-order valence-electron chi connectivity index (χ3n) is 3.48. The van der Waals surface area contributed by atoms with E-state index in [0.717, 1.165) is 25.1 Å². The van der Waals surface area contributed by atoms with Gasteiger partial charge in [0.25, 0.3) is 0 Å². The molecule has 0 fully saturated rings. The zero-order valence-corrected chi connectivity index (χ0v) is 8.38.